The van der Waals surface area contributed by atoms with Crippen LogP contribution in [-0.4, -0.2) is 26.4 Å². The van der Waals surface area contributed by atoms with Gasteiger partial charge in [-0.25, -0.2) is 0 Å². The Morgan fingerprint density at radius 1 is 1.00 bits per heavy atom. The smallest absolute Gasteiger partial charge is 0.195 e. The lowest BCUT2D eigenvalue weighted by atomic mass is 9.85. The van der Waals surface area contributed by atoms with Gasteiger partial charge < -0.3 is 13.9 Å². The number of hydrogen-bond acceptors (Lipinski definition) is 4. The van der Waals surface area contributed by atoms with Crippen molar-refractivity contribution in [3.8, 4) is 0 Å². The van der Waals surface area contributed by atoms with Crippen LogP contribution in [0.3, 0.4) is 0 Å². The fourth-order valence-corrected chi connectivity index (χ4v) is 4.64. The summed E-state index contributed by atoms with van der Waals surface area (Å²) in [6, 6.07) is 7.44. The quantitative estimate of drug-likeness (QED) is 0.309. The van der Waals surface area contributed by atoms with Gasteiger partial charge in [0.1, 0.15) is 11.3 Å². The molecule has 2 rings (SSSR count). The van der Waals surface area contributed by atoms with Crippen LogP contribution in [0, 0.1) is 24.7 Å². The van der Waals surface area contributed by atoms with Gasteiger partial charge in [0.25, 0.3) is 0 Å². The van der Waals surface area contributed by atoms with Crippen LogP contribution in [0.2, 0.25) is 0 Å². The second kappa shape index (κ2) is 13.5. The van der Waals surface area contributed by atoms with E-state index in [1.165, 1.54) is 12.8 Å². The molecule has 0 spiro atoms. The van der Waals surface area contributed by atoms with Gasteiger partial charge in [0.15, 0.2) is 5.43 Å². The molecule has 0 amide bonds. The summed E-state index contributed by atoms with van der Waals surface area (Å²) in [4.78, 5) is 12.7. The van der Waals surface area contributed by atoms with E-state index in [1.54, 1.807) is 14.2 Å². The Bertz CT molecular complexity index is 971. The third-order valence-corrected chi connectivity index (χ3v) is 6.69. The molecule has 1 aromatic carbocycles. The molecule has 0 fully saturated rings. The molecule has 0 bridgehead atoms. The number of fused-ring (bicyclic) bond motifs is 1. The zero-order valence-electron chi connectivity index (χ0n) is 21.5. The van der Waals surface area contributed by atoms with Gasteiger partial charge in [0, 0.05) is 32.1 Å². The summed E-state index contributed by atoms with van der Waals surface area (Å²) in [7, 11) is 3.52. The normalized spacial score (nSPS) is 16.9. The van der Waals surface area contributed by atoms with Crippen molar-refractivity contribution in [3.63, 3.8) is 0 Å². The molecular formula is C29H42O4. The number of allylic oxidation sites excluding steroid dienone is 3. The molecule has 5 atom stereocenters. The van der Waals surface area contributed by atoms with Crippen molar-refractivity contribution in [2.24, 2.45) is 17.8 Å². The van der Waals surface area contributed by atoms with E-state index >= 15 is 0 Å². The van der Waals surface area contributed by atoms with Gasteiger partial charge in [-0.05, 0) is 43.7 Å². The fraction of sp³-hybridized carbons (Fsp3) is 0.552. The summed E-state index contributed by atoms with van der Waals surface area (Å²) in [5.41, 5.74) is 1.41. The molecule has 182 valence electrons. The van der Waals surface area contributed by atoms with E-state index in [1.807, 2.05) is 31.2 Å². The van der Waals surface area contributed by atoms with E-state index in [0.29, 0.717) is 28.9 Å². The minimum Gasteiger partial charge on any atom is -0.461 e. The number of ether oxygens (including phenoxy) is 2. The van der Waals surface area contributed by atoms with Gasteiger partial charge in [-0.2, -0.15) is 0 Å². The molecular weight excluding hydrogens is 412 g/mol. The minimum absolute atomic E-state index is 0.0232. The summed E-state index contributed by atoms with van der Waals surface area (Å²) in [5, 5.41) is 0.642. The highest BCUT2D eigenvalue weighted by molar-refractivity contribution is 5.76. The molecule has 33 heavy (non-hydrogen) atoms. The van der Waals surface area contributed by atoms with E-state index in [-0.39, 0.29) is 29.5 Å². The Hall–Kier alpha value is -2.17. The maximum Gasteiger partial charge on any atom is 0.195 e. The van der Waals surface area contributed by atoms with E-state index < -0.39 is 0 Å². The van der Waals surface area contributed by atoms with Crippen molar-refractivity contribution < 1.29 is 13.9 Å². The molecule has 0 aliphatic heterocycles. The van der Waals surface area contributed by atoms with Crippen molar-refractivity contribution in [1.29, 1.82) is 0 Å². The highest BCUT2D eigenvalue weighted by Gasteiger charge is 2.29. The first-order valence-corrected chi connectivity index (χ1v) is 12.3. The van der Waals surface area contributed by atoms with Crippen LogP contribution in [0.25, 0.3) is 11.0 Å². The van der Waals surface area contributed by atoms with Crippen LogP contribution >= 0.6 is 0 Å². The highest BCUT2D eigenvalue weighted by Crippen LogP contribution is 2.26. The summed E-state index contributed by atoms with van der Waals surface area (Å²) >= 11 is 0. The van der Waals surface area contributed by atoms with Gasteiger partial charge in [-0.15, -0.1) is 0 Å². The lowest BCUT2D eigenvalue weighted by molar-refractivity contribution is -0.0343. The largest absolute Gasteiger partial charge is 0.461 e. The molecule has 1 unspecified atom stereocenters. The Morgan fingerprint density at radius 3 is 2.36 bits per heavy atom. The van der Waals surface area contributed by atoms with Crippen LogP contribution < -0.4 is 5.43 Å². The summed E-state index contributed by atoms with van der Waals surface area (Å²) < 4.78 is 17.8. The Balaban J connectivity index is 2.06. The van der Waals surface area contributed by atoms with Crippen LogP contribution in [0.5, 0.6) is 0 Å². The number of rotatable bonds is 13. The molecule has 4 heteroatoms. The maximum atomic E-state index is 12.7. The Morgan fingerprint density at radius 2 is 1.70 bits per heavy atom. The van der Waals surface area contributed by atoms with Gasteiger partial charge in [0.05, 0.1) is 17.6 Å². The molecule has 0 aliphatic rings. The predicted molar refractivity (Wildman–Crippen MR) is 138 cm³/mol. The van der Waals surface area contributed by atoms with E-state index in [0.717, 1.165) is 12.2 Å². The number of hydrogen-bond donors (Lipinski definition) is 0. The van der Waals surface area contributed by atoms with Gasteiger partial charge in [-0.3, -0.25) is 4.79 Å². The average molecular weight is 455 g/mol. The van der Waals surface area contributed by atoms with Crippen molar-refractivity contribution in [2.75, 3.05) is 14.2 Å². The third-order valence-electron chi connectivity index (χ3n) is 6.69. The van der Waals surface area contributed by atoms with E-state index in [2.05, 4.69) is 52.0 Å². The van der Waals surface area contributed by atoms with Gasteiger partial charge in [-0.1, -0.05) is 70.6 Å². The third kappa shape index (κ3) is 7.41. The van der Waals surface area contributed by atoms with E-state index in [4.69, 9.17) is 13.9 Å². The number of aryl methyl sites for hydroxylation is 1. The predicted octanol–water partition coefficient (Wildman–Crippen LogP) is 6.88. The summed E-state index contributed by atoms with van der Waals surface area (Å²) in [6.07, 6.45) is 12.5. The maximum absolute atomic E-state index is 12.7. The first-order chi connectivity index (χ1) is 15.8. The van der Waals surface area contributed by atoms with Crippen molar-refractivity contribution >= 4 is 11.0 Å². The zero-order valence-corrected chi connectivity index (χ0v) is 21.5. The van der Waals surface area contributed by atoms with Crippen molar-refractivity contribution in [3.05, 3.63) is 70.1 Å². The molecule has 0 N–H and O–H groups in total. The van der Waals surface area contributed by atoms with Crippen molar-refractivity contribution in [1.82, 2.24) is 0 Å². The summed E-state index contributed by atoms with van der Waals surface area (Å²) in [5.74, 6) is 1.80. The molecule has 0 saturated carbocycles. The topological polar surface area (TPSA) is 48.7 Å². The first kappa shape index (κ1) is 27.1. The summed E-state index contributed by atoms with van der Waals surface area (Å²) in [6.45, 7) is 10.7. The first-order valence-electron chi connectivity index (χ1n) is 12.3. The second-order valence-electron chi connectivity index (χ2n) is 9.29. The molecule has 0 radical (unpaired) electrons. The van der Waals surface area contributed by atoms with Gasteiger partial charge >= 0.3 is 0 Å². The standard InChI is InChI=1S/C29H42O4/c1-8-13-20(2)14-9-11-16-25(31-6)23(5)29(32-7)21(3)18-19-26-22(4)28(30)24-15-10-12-17-27(24)33-26/h9-12,14-17,20-21,23,25,29H,8,13,18-19H2,1-7H3/b14-9+,16-11+/t20?,21-,23+,25-,29-/m0/s1. The molecule has 1 aromatic heterocycles. The van der Waals surface area contributed by atoms with E-state index in [9.17, 15) is 4.79 Å². The number of para-hydroxylation sites is 1. The SMILES string of the molecule is CCCC(C)/C=C/C=C/[C@H](OC)[C@@H](C)[C@@H](OC)[C@@H](C)CCc1oc2ccccc2c(=O)c1C. The molecule has 2 aromatic rings. The number of methoxy groups -OCH3 is 2. The Kier molecular flexibility index (Phi) is 11.1. The molecule has 0 aliphatic carbocycles. The monoisotopic (exact) mass is 454 g/mol. The van der Waals surface area contributed by atoms with Crippen LogP contribution in [0.4, 0.5) is 0 Å². The Labute approximate surface area is 199 Å². The van der Waals surface area contributed by atoms with Crippen LogP contribution in [-0.2, 0) is 15.9 Å². The minimum atomic E-state index is -0.0381. The fourth-order valence-electron chi connectivity index (χ4n) is 4.64. The zero-order chi connectivity index (χ0) is 24.4. The van der Waals surface area contributed by atoms with Gasteiger partial charge in [0.2, 0.25) is 0 Å². The van der Waals surface area contributed by atoms with Crippen LogP contribution in [0.1, 0.15) is 58.3 Å². The number of benzene rings is 1. The molecule has 1 heterocycles. The molecule has 0 saturated heterocycles. The van der Waals surface area contributed by atoms with Crippen molar-refractivity contribution in [2.45, 2.75) is 72.5 Å². The van der Waals surface area contributed by atoms with Crippen LogP contribution in [0.15, 0.2) is 57.8 Å². The lowest BCUT2D eigenvalue weighted by Crippen LogP contribution is -2.36. The molecule has 4 nitrogen and oxygen atoms in total. The average Bonchev–Trinajstić information content (AvgIpc) is 2.81. The highest BCUT2D eigenvalue weighted by atomic mass is 16.5. The second-order valence-corrected chi connectivity index (χ2v) is 9.29. The lowest BCUT2D eigenvalue weighted by Gasteiger charge is -2.32.